The Kier molecular flexibility index (Phi) is 12.0. The van der Waals surface area contributed by atoms with Gasteiger partial charge in [-0.3, -0.25) is 24.0 Å². The highest BCUT2D eigenvalue weighted by molar-refractivity contribution is 5.95. The van der Waals surface area contributed by atoms with Crippen LogP contribution in [-0.2, 0) is 41.6 Å². The molecule has 3 rings (SSSR count). The first-order valence-corrected chi connectivity index (χ1v) is 13.9. The Morgan fingerprint density at radius 3 is 2.00 bits per heavy atom. The lowest BCUT2D eigenvalue weighted by Gasteiger charge is -2.25. The first-order chi connectivity index (χ1) is 20.9. The molecule has 1 heterocycles. The standard InChI is InChI=1S/C30H36N6O8/c31-20(10-13-26(38)39)27(40)35-23(15-18-16-33-21-9-5-4-8-19(18)21)29(42)34-22(11-12-25(32)37)28(41)36-24(30(43)44)14-17-6-2-1-3-7-17/h1-9,16,20,22-24,33H,10-15,31H2,(H2,32,37)(H,34,42)(H,35,40)(H,36,41)(H,38,39)(H,43,44). The molecule has 14 heteroatoms. The largest absolute Gasteiger partial charge is 0.481 e. The summed E-state index contributed by atoms with van der Waals surface area (Å²) < 4.78 is 0. The smallest absolute Gasteiger partial charge is 0.326 e. The van der Waals surface area contributed by atoms with E-state index in [0.717, 1.165) is 10.9 Å². The third-order valence-corrected chi connectivity index (χ3v) is 6.95. The SMILES string of the molecule is NC(=O)CCC(NC(=O)C(Cc1c[nH]c2ccccc12)NC(=O)C(N)CCC(=O)O)C(=O)NC(Cc1ccccc1)C(=O)O. The normalized spacial score (nSPS) is 13.7. The number of carboxylic acids is 2. The van der Waals surface area contributed by atoms with Crippen LogP contribution in [0.2, 0.25) is 0 Å². The summed E-state index contributed by atoms with van der Waals surface area (Å²) >= 11 is 0. The zero-order valence-electron chi connectivity index (χ0n) is 23.8. The second kappa shape index (κ2) is 15.8. The van der Waals surface area contributed by atoms with Gasteiger partial charge < -0.3 is 42.6 Å². The van der Waals surface area contributed by atoms with Crippen LogP contribution in [-0.4, -0.2) is 74.9 Å². The molecule has 4 amide bonds. The summed E-state index contributed by atoms with van der Waals surface area (Å²) in [6, 6.07) is 10.7. The minimum absolute atomic E-state index is 0.0358. The summed E-state index contributed by atoms with van der Waals surface area (Å²) in [4.78, 5) is 77.3. The van der Waals surface area contributed by atoms with Gasteiger partial charge in [-0.15, -0.1) is 0 Å². The fourth-order valence-electron chi connectivity index (χ4n) is 4.57. The maximum atomic E-state index is 13.6. The van der Waals surface area contributed by atoms with E-state index in [1.807, 2.05) is 18.2 Å². The van der Waals surface area contributed by atoms with Gasteiger partial charge in [-0.25, -0.2) is 4.79 Å². The van der Waals surface area contributed by atoms with Crippen molar-refractivity contribution in [3.05, 3.63) is 71.9 Å². The first kappa shape index (κ1) is 33.3. The van der Waals surface area contributed by atoms with Crippen LogP contribution in [0.15, 0.2) is 60.8 Å². The van der Waals surface area contributed by atoms with Crippen LogP contribution in [0.1, 0.15) is 36.8 Å². The molecule has 0 spiro atoms. The maximum absolute atomic E-state index is 13.6. The summed E-state index contributed by atoms with van der Waals surface area (Å²) in [5.74, 6) is -5.65. The summed E-state index contributed by atoms with van der Waals surface area (Å²) in [6.45, 7) is 0. The Balaban J connectivity index is 1.83. The molecule has 0 saturated heterocycles. The van der Waals surface area contributed by atoms with Crippen LogP contribution in [0.25, 0.3) is 10.9 Å². The van der Waals surface area contributed by atoms with Gasteiger partial charge in [0.25, 0.3) is 0 Å². The van der Waals surface area contributed by atoms with Gasteiger partial charge in [-0.05, 0) is 30.0 Å². The quantitative estimate of drug-likeness (QED) is 0.102. The molecule has 10 N–H and O–H groups in total. The van der Waals surface area contributed by atoms with Gasteiger partial charge in [0.15, 0.2) is 0 Å². The molecular weight excluding hydrogens is 572 g/mol. The fraction of sp³-hybridized carbons (Fsp3) is 0.333. The number of aromatic nitrogens is 1. The minimum Gasteiger partial charge on any atom is -0.481 e. The topological polar surface area (TPSA) is 247 Å². The molecule has 0 aliphatic rings. The van der Waals surface area contributed by atoms with Gasteiger partial charge in [0.1, 0.15) is 18.1 Å². The zero-order chi connectivity index (χ0) is 32.2. The number of fused-ring (bicyclic) bond motifs is 1. The van der Waals surface area contributed by atoms with E-state index in [2.05, 4.69) is 20.9 Å². The van der Waals surface area contributed by atoms with Crippen molar-refractivity contribution >= 4 is 46.5 Å². The van der Waals surface area contributed by atoms with E-state index in [1.165, 1.54) is 0 Å². The summed E-state index contributed by atoms with van der Waals surface area (Å²) in [6.07, 6.45) is 0.515. The highest BCUT2D eigenvalue weighted by Crippen LogP contribution is 2.19. The second-order valence-corrected chi connectivity index (χ2v) is 10.3. The molecule has 2 aromatic carbocycles. The van der Waals surface area contributed by atoms with E-state index in [1.54, 1.807) is 42.6 Å². The Bertz CT molecular complexity index is 1490. The number of carbonyl (C=O) groups is 6. The molecule has 4 atom stereocenters. The van der Waals surface area contributed by atoms with E-state index in [4.69, 9.17) is 16.6 Å². The molecule has 0 aliphatic carbocycles. The molecule has 14 nitrogen and oxygen atoms in total. The van der Waals surface area contributed by atoms with Crippen LogP contribution >= 0.6 is 0 Å². The Labute approximate surface area is 252 Å². The molecule has 1 aromatic heterocycles. The lowest BCUT2D eigenvalue weighted by atomic mass is 10.0. The van der Waals surface area contributed by atoms with E-state index < -0.39 is 59.7 Å². The first-order valence-electron chi connectivity index (χ1n) is 13.9. The molecule has 0 aliphatic heterocycles. The molecule has 44 heavy (non-hydrogen) atoms. The van der Waals surface area contributed by atoms with Crippen molar-refractivity contribution in [2.75, 3.05) is 0 Å². The van der Waals surface area contributed by atoms with E-state index in [9.17, 15) is 33.9 Å². The number of H-pyrrole nitrogens is 1. The number of para-hydroxylation sites is 1. The summed E-state index contributed by atoms with van der Waals surface area (Å²) in [5, 5.41) is 26.9. The minimum atomic E-state index is -1.38. The number of primary amides is 1. The van der Waals surface area contributed by atoms with E-state index >= 15 is 0 Å². The van der Waals surface area contributed by atoms with E-state index in [-0.39, 0.29) is 38.5 Å². The Morgan fingerprint density at radius 1 is 0.727 bits per heavy atom. The zero-order valence-corrected chi connectivity index (χ0v) is 23.8. The number of carbonyl (C=O) groups excluding carboxylic acids is 4. The van der Waals surface area contributed by atoms with Gasteiger partial charge in [-0.1, -0.05) is 48.5 Å². The van der Waals surface area contributed by atoms with Gasteiger partial charge >= 0.3 is 11.9 Å². The number of nitrogens with two attached hydrogens (primary N) is 2. The van der Waals surface area contributed by atoms with Crippen molar-refractivity contribution in [3.8, 4) is 0 Å². The van der Waals surface area contributed by atoms with Crippen LogP contribution < -0.4 is 27.4 Å². The summed E-state index contributed by atoms with van der Waals surface area (Å²) in [5.41, 5.74) is 13.2. The van der Waals surface area contributed by atoms with Crippen molar-refractivity contribution in [2.45, 2.75) is 62.7 Å². The highest BCUT2D eigenvalue weighted by atomic mass is 16.4. The van der Waals surface area contributed by atoms with Gasteiger partial charge in [-0.2, -0.15) is 0 Å². The van der Waals surface area contributed by atoms with Crippen molar-refractivity contribution in [1.29, 1.82) is 0 Å². The van der Waals surface area contributed by atoms with Crippen molar-refractivity contribution < 1.29 is 39.0 Å². The number of hydrogen-bond acceptors (Lipinski definition) is 7. The maximum Gasteiger partial charge on any atom is 0.326 e. The van der Waals surface area contributed by atoms with Crippen LogP contribution in [0.5, 0.6) is 0 Å². The third kappa shape index (κ3) is 9.94. The van der Waals surface area contributed by atoms with Crippen molar-refractivity contribution in [2.24, 2.45) is 11.5 Å². The van der Waals surface area contributed by atoms with Gasteiger partial charge in [0, 0.05) is 42.8 Å². The lowest BCUT2D eigenvalue weighted by molar-refractivity contribution is -0.142. The molecule has 3 aromatic rings. The summed E-state index contributed by atoms with van der Waals surface area (Å²) in [7, 11) is 0. The Hall–Kier alpha value is -5.24. The number of aliphatic carboxylic acids is 2. The van der Waals surface area contributed by atoms with Crippen LogP contribution in [0.4, 0.5) is 0 Å². The number of rotatable bonds is 17. The van der Waals surface area contributed by atoms with Gasteiger partial charge in [0.05, 0.1) is 6.04 Å². The number of hydrogen-bond donors (Lipinski definition) is 8. The predicted octanol–water partition coefficient (Wildman–Crippen LogP) is -0.0503. The highest BCUT2D eigenvalue weighted by Gasteiger charge is 2.31. The second-order valence-electron chi connectivity index (χ2n) is 10.3. The van der Waals surface area contributed by atoms with Crippen LogP contribution in [0.3, 0.4) is 0 Å². The van der Waals surface area contributed by atoms with Crippen LogP contribution in [0, 0.1) is 0 Å². The number of nitrogens with one attached hydrogen (secondary N) is 4. The molecular formula is C30H36N6O8. The predicted molar refractivity (Wildman–Crippen MR) is 159 cm³/mol. The number of benzene rings is 2. The number of amides is 4. The fourth-order valence-corrected chi connectivity index (χ4v) is 4.57. The van der Waals surface area contributed by atoms with Crippen molar-refractivity contribution in [3.63, 3.8) is 0 Å². The average Bonchev–Trinajstić information content (AvgIpc) is 3.40. The van der Waals surface area contributed by atoms with Crippen molar-refractivity contribution in [1.82, 2.24) is 20.9 Å². The molecule has 0 saturated carbocycles. The lowest BCUT2D eigenvalue weighted by Crippen LogP contribution is -2.58. The molecule has 0 bridgehead atoms. The molecule has 4 unspecified atom stereocenters. The van der Waals surface area contributed by atoms with E-state index in [0.29, 0.717) is 11.1 Å². The average molecular weight is 609 g/mol. The monoisotopic (exact) mass is 608 g/mol. The third-order valence-electron chi connectivity index (χ3n) is 6.95. The number of aromatic amines is 1. The van der Waals surface area contributed by atoms with Gasteiger partial charge in [0.2, 0.25) is 23.6 Å². The molecule has 234 valence electrons. The molecule has 0 fully saturated rings. The number of carboxylic acid groups (broad SMARTS) is 2. The Morgan fingerprint density at radius 2 is 1.34 bits per heavy atom. The molecule has 0 radical (unpaired) electrons.